The fourth-order valence-corrected chi connectivity index (χ4v) is 3.42. The standard InChI is InChI=1S/C25H24N2O2/c1-18-8-4-5-9-21(18)17-27-25(20-11-7-13-23(15-20)29-3)16-24(26-27)19-10-6-12-22(14-19)28-2/h4-16H,17H2,1-3H3. The van der Waals surface area contributed by atoms with Crippen LogP contribution in [-0.4, -0.2) is 24.0 Å². The van der Waals surface area contributed by atoms with Gasteiger partial charge in [-0.2, -0.15) is 5.10 Å². The van der Waals surface area contributed by atoms with Gasteiger partial charge in [0, 0.05) is 11.1 Å². The first-order valence-electron chi connectivity index (χ1n) is 9.59. The van der Waals surface area contributed by atoms with E-state index in [0.29, 0.717) is 6.54 Å². The van der Waals surface area contributed by atoms with Crippen molar-refractivity contribution in [3.63, 3.8) is 0 Å². The monoisotopic (exact) mass is 384 g/mol. The molecule has 4 heteroatoms. The third-order valence-electron chi connectivity index (χ3n) is 5.09. The predicted molar refractivity (Wildman–Crippen MR) is 116 cm³/mol. The maximum absolute atomic E-state index is 5.43. The second-order valence-electron chi connectivity index (χ2n) is 6.96. The zero-order valence-electron chi connectivity index (χ0n) is 16.9. The van der Waals surface area contributed by atoms with Gasteiger partial charge in [-0.25, -0.2) is 0 Å². The van der Waals surface area contributed by atoms with Gasteiger partial charge in [-0.3, -0.25) is 4.68 Å². The van der Waals surface area contributed by atoms with Crippen LogP contribution in [0.25, 0.3) is 22.5 Å². The molecular formula is C25H24N2O2. The van der Waals surface area contributed by atoms with Crippen molar-refractivity contribution in [3.8, 4) is 34.0 Å². The number of hydrogen-bond acceptors (Lipinski definition) is 3. The Morgan fingerprint density at radius 2 is 1.41 bits per heavy atom. The number of methoxy groups -OCH3 is 2. The van der Waals surface area contributed by atoms with Crippen molar-refractivity contribution >= 4 is 0 Å². The van der Waals surface area contributed by atoms with Crippen molar-refractivity contribution < 1.29 is 9.47 Å². The van der Waals surface area contributed by atoms with Gasteiger partial charge in [0.05, 0.1) is 32.2 Å². The van der Waals surface area contributed by atoms with Crippen LogP contribution in [0.15, 0.2) is 78.9 Å². The number of benzene rings is 3. The van der Waals surface area contributed by atoms with Crippen LogP contribution in [0.5, 0.6) is 11.5 Å². The van der Waals surface area contributed by atoms with Gasteiger partial charge in [-0.15, -0.1) is 0 Å². The molecule has 4 aromatic rings. The van der Waals surface area contributed by atoms with Crippen LogP contribution in [0.1, 0.15) is 11.1 Å². The smallest absolute Gasteiger partial charge is 0.119 e. The Bertz CT molecular complexity index is 1130. The van der Waals surface area contributed by atoms with Gasteiger partial charge in [-0.1, -0.05) is 48.5 Å². The van der Waals surface area contributed by atoms with Crippen LogP contribution in [-0.2, 0) is 6.54 Å². The lowest BCUT2D eigenvalue weighted by Gasteiger charge is -2.10. The highest BCUT2D eigenvalue weighted by molar-refractivity contribution is 5.70. The van der Waals surface area contributed by atoms with Gasteiger partial charge < -0.3 is 9.47 Å². The van der Waals surface area contributed by atoms with Crippen LogP contribution in [0.3, 0.4) is 0 Å². The molecule has 0 amide bonds. The summed E-state index contributed by atoms with van der Waals surface area (Å²) in [4.78, 5) is 0. The number of nitrogens with zero attached hydrogens (tertiary/aromatic N) is 2. The normalized spacial score (nSPS) is 10.7. The highest BCUT2D eigenvalue weighted by Gasteiger charge is 2.14. The van der Waals surface area contributed by atoms with Gasteiger partial charge in [0.1, 0.15) is 11.5 Å². The summed E-state index contributed by atoms with van der Waals surface area (Å²) in [5.41, 5.74) is 6.55. The van der Waals surface area contributed by atoms with Gasteiger partial charge in [0.25, 0.3) is 0 Å². The number of rotatable bonds is 6. The van der Waals surface area contributed by atoms with Crippen LogP contribution in [0, 0.1) is 6.92 Å². The average Bonchev–Trinajstić information content (AvgIpc) is 3.19. The molecule has 0 saturated heterocycles. The maximum atomic E-state index is 5.43. The first-order chi connectivity index (χ1) is 14.2. The Hall–Kier alpha value is -3.53. The lowest BCUT2D eigenvalue weighted by atomic mass is 10.1. The zero-order valence-corrected chi connectivity index (χ0v) is 16.9. The largest absolute Gasteiger partial charge is 0.497 e. The summed E-state index contributed by atoms with van der Waals surface area (Å²) >= 11 is 0. The van der Waals surface area contributed by atoms with E-state index in [2.05, 4.69) is 54.1 Å². The van der Waals surface area contributed by atoms with E-state index in [1.54, 1.807) is 14.2 Å². The Labute approximate surface area is 171 Å². The summed E-state index contributed by atoms with van der Waals surface area (Å²) < 4.78 is 12.9. The van der Waals surface area contributed by atoms with Crippen molar-refractivity contribution in [2.45, 2.75) is 13.5 Å². The van der Waals surface area contributed by atoms with Crippen molar-refractivity contribution in [1.82, 2.24) is 9.78 Å². The van der Waals surface area contributed by atoms with E-state index in [4.69, 9.17) is 14.6 Å². The molecule has 0 aliphatic rings. The quantitative estimate of drug-likeness (QED) is 0.435. The first-order valence-corrected chi connectivity index (χ1v) is 9.59. The first kappa shape index (κ1) is 18.8. The van der Waals surface area contributed by atoms with E-state index in [1.165, 1.54) is 11.1 Å². The molecule has 0 fully saturated rings. The summed E-state index contributed by atoms with van der Waals surface area (Å²) in [7, 11) is 3.36. The molecule has 29 heavy (non-hydrogen) atoms. The molecule has 4 nitrogen and oxygen atoms in total. The van der Waals surface area contributed by atoms with E-state index in [1.807, 2.05) is 36.4 Å². The molecule has 146 valence electrons. The van der Waals surface area contributed by atoms with Crippen LogP contribution >= 0.6 is 0 Å². The fraction of sp³-hybridized carbons (Fsp3) is 0.160. The molecule has 4 rings (SSSR count). The second kappa shape index (κ2) is 8.23. The van der Waals surface area contributed by atoms with E-state index in [-0.39, 0.29) is 0 Å². The minimum absolute atomic E-state index is 0.698. The van der Waals surface area contributed by atoms with Gasteiger partial charge in [-0.05, 0) is 48.4 Å². The molecule has 0 spiro atoms. The molecule has 0 N–H and O–H groups in total. The van der Waals surface area contributed by atoms with Crippen molar-refractivity contribution in [2.75, 3.05) is 14.2 Å². The van der Waals surface area contributed by atoms with Crippen molar-refractivity contribution in [1.29, 1.82) is 0 Å². The molecule has 0 atom stereocenters. The summed E-state index contributed by atoms with van der Waals surface area (Å²) in [5.74, 6) is 1.65. The van der Waals surface area contributed by atoms with Crippen molar-refractivity contribution in [2.24, 2.45) is 0 Å². The zero-order chi connectivity index (χ0) is 20.2. The predicted octanol–water partition coefficient (Wildman–Crippen LogP) is 5.59. The Morgan fingerprint density at radius 3 is 2.10 bits per heavy atom. The maximum Gasteiger partial charge on any atom is 0.119 e. The van der Waals surface area contributed by atoms with Gasteiger partial charge >= 0.3 is 0 Å². The number of aryl methyl sites for hydroxylation is 1. The van der Waals surface area contributed by atoms with Crippen LogP contribution in [0.4, 0.5) is 0 Å². The minimum Gasteiger partial charge on any atom is -0.497 e. The molecule has 0 unspecified atom stereocenters. The molecule has 1 heterocycles. The summed E-state index contributed by atoms with van der Waals surface area (Å²) in [6.45, 7) is 2.83. The summed E-state index contributed by atoms with van der Waals surface area (Å²) in [6.07, 6.45) is 0. The Morgan fingerprint density at radius 1 is 0.759 bits per heavy atom. The molecular weight excluding hydrogens is 360 g/mol. The number of ether oxygens (including phenoxy) is 2. The van der Waals surface area contributed by atoms with E-state index < -0.39 is 0 Å². The molecule has 0 radical (unpaired) electrons. The lowest BCUT2D eigenvalue weighted by molar-refractivity contribution is 0.415. The fourth-order valence-electron chi connectivity index (χ4n) is 3.42. The molecule has 0 aliphatic carbocycles. The molecule has 0 aliphatic heterocycles. The minimum atomic E-state index is 0.698. The summed E-state index contributed by atoms with van der Waals surface area (Å²) in [5, 5.41) is 4.94. The second-order valence-corrected chi connectivity index (χ2v) is 6.96. The highest BCUT2D eigenvalue weighted by atomic mass is 16.5. The van der Waals surface area contributed by atoms with Crippen molar-refractivity contribution in [3.05, 3.63) is 90.0 Å². The molecule has 1 aromatic heterocycles. The van der Waals surface area contributed by atoms with Gasteiger partial charge in [0.2, 0.25) is 0 Å². The van der Waals surface area contributed by atoms with E-state index >= 15 is 0 Å². The molecule has 0 bridgehead atoms. The average molecular weight is 384 g/mol. The Balaban J connectivity index is 1.82. The third kappa shape index (κ3) is 4.02. The summed E-state index contributed by atoms with van der Waals surface area (Å²) in [6, 6.07) is 26.6. The third-order valence-corrected chi connectivity index (χ3v) is 5.09. The number of hydrogen-bond donors (Lipinski definition) is 0. The highest BCUT2D eigenvalue weighted by Crippen LogP contribution is 2.30. The lowest BCUT2D eigenvalue weighted by Crippen LogP contribution is -2.05. The van der Waals surface area contributed by atoms with Gasteiger partial charge in [0.15, 0.2) is 0 Å². The van der Waals surface area contributed by atoms with Crippen LogP contribution < -0.4 is 9.47 Å². The number of aromatic nitrogens is 2. The van der Waals surface area contributed by atoms with Crippen LogP contribution in [0.2, 0.25) is 0 Å². The topological polar surface area (TPSA) is 36.3 Å². The molecule has 0 saturated carbocycles. The van der Waals surface area contributed by atoms with E-state index in [9.17, 15) is 0 Å². The SMILES string of the molecule is COc1cccc(-c2cc(-c3cccc(OC)c3)n(Cc3ccccc3C)n2)c1. The Kier molecular flexibility index (Phi) is 5.34. The molecule has 3 aromatic carbocycles. The van der Waals surface area contributed by atoms with E-state index in [0.717, 1.165) is 34.0 Å².